The zero-order chi connectivity index (χ0) is 20.9. The van der Waals surface area contributed by atoms with E-state index in [4.69, 9.17) is 9.98 Å². The first-order valence-electron chi connectivity index (χ1n) is 10.4. The van der Waals surface area contributed by atoms with Crippen molar-refractivity contribution in [1.29, 1.82) is 0 Å². The number of benzene rings is 2. The first-order chi connectivity index (χ1) is 15.2. The quantitative estimate of drug-likeness (QED) is 0.556. The van der Waals surface area contributed by atoms with Gasteiger partial charge in [-0.05, 0) is 29.2 Å². The number of aliphatic imine (C=N–C) groups is 1. The lowest BCUT2D eigenvalue weighted by atomic mass is 10.0. The predicted octanol–water partition coefficient (Wildman–Crippen LogP) is 2.63. The van der Waals surface area contributed by atoms with E-state index >= 15 is 0 Å². The molecular weight excluding hydrogens is 390 g/mol. The second kappa shape index (κ2) is 6.83. The van der Waals surface area contributed by atoms with Crippen LogP contribution in [0.2, 0.25) is 0 Å². The number of nitrogens with zero attached hydrogens (tertiary/aromatic N) is 8. The maximum Gasteiger partial charge on any atom is 0.217 e. The minimum atomic E-state index is -0.0833. The number of imidazole rings is 1. The molecule has 0 amide bonds. The minimum absolute atomic E-state index is 0.0833. The van der Waals surface area contributed by atoms with Gasteiger partial charge in [0.05, 0.1) is 11.0 Å². The number of hydrogen-bond acceptors (Lipinski definition) is 7. The summed E-state index contributed by atoms with van der Waals surface area (Å²) >= 11 is 0. The fourth-order valence-electron chi connectivity index (χ4n) is 4.24. The van der Waals surface area contributed by atoms with E-state index < -0.39 is 0 Å². The maximum absolute atomic E-state index is 4.98. The van der Waals surface area contributed by atoms with E-state index in [1.54, 1.807) is 12.7 Å². The van der Waals surface area contributed by atoms with Gasteiger partial charge < -0.3 is 5.32 Å². The van der Waals surface area contributed by atoms with E-state index in [2.05, 4.69) is 81.3 Å². The lowest BCUT2D eigenvalue weighted by Crippen LogP contribution is -2.59. The molecule has 31 heavy (non-hydrogen) atoms. The molecule has 4 aromatic rings. The van der Waals surface area contributed by atoms with Crippen LogP contribution in [0.5, 0.6) is 0 Å². The Bertz CT molecular complexity index is 1250. The Labute approximate surface area is 179 Å². The summed E-state index contributed by atoms with van der Waals surface area (Å²) in [6, 6.07) is 17.1. The number of anilines is 1. The van der Waals surface area contributed by atoms with Crippen molar-refractivity contribution in [3.05, 3.63) is 72.3 Å². The molecular formula is C22H23N9. The van der Waals surface area contributed by atoms with E-state index in [1.807, 2.05) is 15.8 Å². The molecule has 2 aliphatic rings. The monoisotopic (exact) mass is 413 g/mol. The molecule has 0 radical (unpaired) electrons. The number of rotatable bonds is 3. The number of hydrogen-bond donors (Lipinski definition) is 1. The van der Waals surface area contributed by atoms with Crippen LogP contribution in [0.25, 0.3) is 11.0 Å². The van der Waals surface area contributed by atoms with E-state index in [0.717, 1.165) is 22.9 Å². The molecule has 1 N–H and O–H groups in total. The number of para-hydroxylation sites is 2. The third-order valence-corrected chi connectivity index (χ3v) is 5.94. The zero-order valence-corrected chi connectivity index (χ0v) is 17.4. The molecule has 2 aromatic carbocycles. The standard InChI is InChI=1S/C22H23N9/c1-15(2)16-7-9-17(10-8-16)20-27-21-23-11-29(28-12-24-25-13-28)14-30(21)22-26-18-5-3-4-6-19(18)31(20)22/h3-10,12-13,15,20H,11,14H2,1-2H3,(H,23,27). The van der Waals surface area contributed by atoms with Crippen LogP contribution in [-0.2, 0) is 0 Å². The van der Waals surface area contributed by atoms with Gasteiger partial charge in [0.2, 0.25) is 11.9 Å². The molecule has 4 heterocycles. The van der Waals surface area contributed by atoms with Gasteiger partial charge in [-0.2, -0.15) is 0 Å². The van der Waals surface area contributed by atoms with E-state index in [9.17, 15) is 0 Å². The van der Waals surface area contributed by atoms with Crippen LogP contribution >= 0.6 is 0 Å². The van der Waals surface area contributed by atoms with Crippen LogP contribution in [-0.4, -0.2) is 43.7 Å². The fraction of sp³-hybridized carbons (Fsp3) is 0.273. The minimum Gasteiger partial charge on any atom is -0.331 e. The number of guanidine groups is 1. The van der Waals surface area contributed by atoms with Crippen molar-refractivity contribution < 1.29 is 0 Å². The Balaban J connectivity index is 1.47. The Morgan fingerprint density at radius 2 is 1.77 bits per heavy atom. The molecule has 2 aromatic heterocycles. The summed E-state index contributed by atoms with van der Waals surface area (Å²) < 4.78 is 4.11. The van der Waals surface area contributed by atoms with Gasteiger partial charge in [-0.15, -0.1) is 10.2 Å². The van der Waals surface area contributed by atoms with Gasteiger partial charge in [0, 0.05) is 0 Å². The van der Waals surface area contributed by atoms with Gasteiger partial charge in [-0.25, -0.2) is 14.7 Å². The van der Waals surface area contributed by atoms with Crippen LogP contribution in [0.1, 0.15) is 37.1 Å². The molecule has 2 aliphatic heterocycles. The summed E-state index contributed by atoms with van der Waals surface area (Å²) in [5.74, 6) is 2.19. The van der Waals surface area contributed by atoms with Gasteiger partial charge >= 0.3 is 0 Å². The third kappa shape index (κ3) is 2.84. The first kappa shape index (κ1) is 17.9. The van der Waals surface area contributed by atoms with Crippen molar-refractivity contribution in [3.63, 3.8) is 0 Å². The van der Waals surface area contributed by atoms with Crippen LogP contribution in [0.15, 0.2) is 66.2 Å². The van der Waals surface area contributed by atoms with E-state index in [1.165, 1.54) is 11.1 Å². The summed E-state index contributed by atoms with van der Waals surface area (Å²) in [6.07, 6.45) is 3.28. The van der Waals surface area contributed by atoms with E-state index in [0.29, 0.717) is 19.3 Å². The van der Waals surface area contributed by atoms with Crippen LogP contribution in [0, 0.1) is 0 Å². The number of nitrogens with one attached hydrogen (secondary N) is 1. The molecule has 1 atom stereocenters. The Hall–Kier alpha value is -3.88. The van der Waals surface area contributed by atoms with Crippen LogP contribution in [0.4, 0.5) is 5.95 Å². The largest absolute Gasteiger partial charge is 0.331 e. The molecule has 6 rings (SSSR count). The normalized spacial score (nSPS) is 18.0. The molecule has 0 fully saturated rings. The SMILES string of the molecule is CC(C)c1ccc(C2NC3=NCN(n4cnnc4)CN3c3nc4ccccc4n32)cc1. The van der Waals surface area contributed by atoms with E-state index in [-0.39, 0.29) is 6.17 Å². The van der Waals surface area contributed by atoms with Crippen molar-refractivity contribution >= 4 is 22.9 Å². The van der Waals surface area contributed by atoms with Crippen LogP contribution < -0.4 is 15.2 Å². The van der Waals surface area contributed by atoms with Crippen LogP contribution in [0.3, 0.4) is 0 Å². The highest BCUT2D eigenvalue weighted by Crippen LogP contribution is 2.34. The highest BCUT2D eigenvalue weighted by Gasteiger charge is 2.36. The summed E-state index contributed by atoms with van der Waals surface area (Å²) in [7, 11) is 0. The molecule has 0 saturated carbocycles. The van der Waals surface area contributed by atoms with Crippen molar-refractivity contribution in [1.82, 2.24) is 29.7 Å². The number of aromatic nitrogens is 5. The third-order valence-electron chi connectivity index (χ3n) is 5.94. The molecule has 9 nitrogen and oxygen atoms in total. The molecule has 0 aliphatic carbocycles. The van der Waals surface area contributed by atoms with Crippen molar-refractivity contribution in [2.24, 2.45) is 4.99 Å². The van der Waals surface area contributed by atoms with Crippen molar-refractivity contribution in [3.8, 4) is 0 Å². The summed E-state index contributed by atoms with van der Waals surface area (Å²) in [4.78, 5) is 11.9. The average molecular weight is 413 g/mol. The smallest absolute Gasteiger partial charge is 0.217 e. The van der Waals surface area contributed by atoms with Gasteiger partial charge in [0.25, 0.3) is 0 Å². The molecule has 0 saturated heterocycles. The highest BCUT2D eigenvalue weighted by molar-refractivity contribution is 5.99. The maximum atomic E-state index is 4.98. The second-order valence-corrected chi connectivity index (χ2v) is 8.18. The molecule has 0 bridgehead atoms. The lowest BCUT2D eigenvalue weighted by molar-refractivity contribution is 0.495. The van der Waals surface area contributed by atoms with Gasteiger partial charge in [0.1, 0.15) is 32.2 Å². The fourth-order valence-corrected chi connectivity index (χ4v) is 4.24. The Kier molecular flexibility index (Phi) is 3.95. The lowest BCUT2D eigenvalue weighted by Gasteiger charge is -2.42. The molecule has 156 valence electrons. The van der Waals surface area contributed by atoms with Gasteiger partial charge in [-0.3, -0.25) is 14.5 Å². The summed E-state index contributed by atoms with van der Waals surface area (Å²) in [6.45, 7) is 5.53. The molecule has 9 heteroatoms. The zero-order valence-electron chi connectivity index (χ0n) is 17.4. The van der Waals surface area contributed by atoms with Crippen molar-refractivity contribution in [2.75, 3.05) is 23.2 Å². The van der Waals surface area contributed by atoms with Gasteiger partial charge in [0.15, 0.2) is 0 Å². The highest BCUT2D eigenvalue weighted by atomic mass is 15.7. The predicted molar refractivity (Wildman–Crippen MR) is 119 cm³/mol. The molecule has 0 spiro atoms. The molecule has 1 unspecified atom stereocenters. The summed E-state index contributed by atoms with van der Waals surface area (Å²) in [5.41, 5.74) is 4.56. The average Bonchev–Trinajstić information content (AvgIpc) is 3.47. The van der Waals surface area contributed by atoms with Crippen molar-refractivity contribution in [2.45, 2.75) is 25.9 Å². The Morgan fingerprint density at radius 3 is 2.55 bits per heavy atom. The Morgan fingerprint density at radius 1 is 1.00 bits per heavy atom. The summed E-state index contributed by atoms with van der Waals surface area (Å²) in [5, 5.41) is 13.5. The first-order valence-corrected chi connectivity index (χ1v) is 10.4. The second-order valence-electron chi connectivity index (χ2n) is 8.18. The topological polar surface area (TPSA) is 79.4 Å². The number of fused-ring (bicyclic) bond motifs is 5. The van der Waals surface area contributed by atoms with Gasteiger partial charge in [-0.1, -0.05) is 50.2 Å².